The van der Waals surface area contributed by atoms with Gasteiger partial charge in [-0.3, -0.25) is 0 Å². The minimum Gasteiger partial charge on any atom is -0.387 e. The van der Waals surface area contributed by atoms with Gasteiger partial charge in [0.05, 0.1) is 12.2 Å². The van der Waals surface area contributed by atoms with Crippen molar-refractivity contribution in [3.63, 3.8) is 0 Å². The first kappa shape index (κ1) is 13.0. The fraction of sp³-hybridized carbons (Fsp3) is 1.00. The van der Waals surface area contributed by atoms with Crippen molar-refractivity contribution in [1.82, 2.24) is 0 Å². The zero-order valence-corrected chi connectivity index (χ0v) is 10.5. The maximum Gasteiger partial charge on any atom is 0.0882 e. The van der Waals surface area contributed by atoms with E-state index in [1.165, 1.54) is 12.8 Å². The van der Waals surface area contributed by atoms with Crippen molar-refractivity contribution >= 4 is 0 Å². The Hall–Kier alpha value is -0.0800. The number of aliphatic hydroxyl groups is 1. The lowest BCUT2D eigenvalue weighted by Crippen LogP contribution is -2.40. The monoisotopic (exact) mass is 214 g/mol. The van der Waals surface area contributed by atoms with Crippen molar-refractivity contribution in [3.05, 3.63) is 0 Å². The summed E-state index contributed by atoms with van der Waals surface area (Å²) in [5.41, 5.74) is -0.534. The van der Waals surface area contributed by atoms with E-state index in [1.807, 2.05) is 6.92 Å². The molecule has 2 atom stereocenters. The summed E-state index contributed by atoms with van der Waals surface area (Å²) < 4.78 is 5.38. The molecule has 1 aliphatic rings. The molecule has 0 spiro atoms. The van der Waals surface area contributed by atoms with Crippen LogP contribution in [0.25, 0.3) is 0 Å². The second-order valence-electron chi connectivity index (χ2n) is 5.45. The molecule has 0 heterocycles. The van der Waals surface area contributed by atoms with Crippen molar-refractivity contribution in [2.45, 2.75) is 58.5 Å². The molecule has 2 unspecified atom stereocenters. The van der Waals surface area contributed by atoms with Crippen LogP contribution in [0.15, 0.2) is 0 Å². The zero-order chi connectivity index (χ0) is 11.3. The SMILES string of the molecule is CCOCC1(O)CCCC(CC(C)C)C1. The largest absolute Gasteiger partial charge is 0.387 e. The molecule has 1 saturated carbocycles. The van der Waals surface area contributed by atoms with Gasteiger partial charge in [-0.2, -0.15) is 0 Å². The molecule has 1 fully saturated rings. The van der Waals surface area contributed by atoms with Gasteiger partial charge in [0.2, 0.25) is 0 Å². The Morgan fingerprint density at radius 1 is 1.47 bits per heavy atom. The van der Waals surface area contributed by atoms with Gasteiger partial charge >= 0.3 is 0 Å². The van der Waals surface area contributed by atoms with E-state index < -0.39 is 5.60 Å². The summed E-state index contributed by atoms with van der Waals surface area (Å²) >= 11 is 0. The van der Waals surface area contributed by atoms with E-state index in [0.29, 0.717) is 19.1 Å². The molecule has 0 aliphatic heterocycles. The first-order chi connectivity index (χ1) is 7.06. The lowest BCUT2D eigenvalue weighted by Gasteiger charge is -2.37. The quantitative estimate of drug-likeness (QED) is 0.762. The molecule has 0 amide bonds. The first-order valence-electron chi connectivity index (χ1n) is 6.36. The Balaban J connectivity index is 2.39. The van der Waals surface area contributed by atoms with Crippen molar-refractivity contribution in [1.29, 1.82) is 0 Å². The number of hydrogen-bond donors (Lipinski definition) is 1. The maximum atomic E-state index is 10.4. The predicted octanol–water partition coefficient (Wildman–Crippen LogP) is 2.99. The summed E-state index contributed by atoms with van der Waals surface area (Å²) in [6.07, 6.45) is 5.54. The molecule has 2 nitrogen and oxygen atoms in total. The third-order valence-corrected chi connectivity index (χ3v) is 3.30. The van der Waals surface area contributed by atoms with E-state index in [0.717, 1.165) is 25.2 Å². The van der Waals surface area contributed by atoms with Gasteiger partial charge in [-0.15, -0.1) is 0 Å². The fourth-order valence-corrected chi connectivity index (χ4v) is 2.75. The Bertz CT molecular complexity index is 179. The molecule has 15 heavy (non-hydrogen) atoms. The molecule has 90 valence electrons. The van der Waals surface area contributed by atoms with E-state index in [2.05, 4.69) is 13.8 Å². The van der Waals surface area contributed by atoms with Gasteiger partial charge in [-0.1, -0.05) is 26.7 Å². The molecule has 0 aromatic carbocycles. The maximum absolute atomic E-state index is 10.4. The average molecular weight is 214 g/mol. The Morgan fingerprint density at radius 3 is 2.80 bits per heavy atom. The van der Waals surface area contributed by atoms with E-state index in [4.69, 9.17) is 4.74 Å². The van der Waals surface area contributed by atoms with Crippen LogP contribution in [0.5, 0.6) is 0 Å². The van der Waals surface area contributed by atoms with Crippen LogP contribution in [0.1, 0.15) is 52.9 Å². The molecule has 1 aliphatic carbocycles. The van der Waals surface area contributed by atoms with Crippen molar-refractivity contribution in [2.24, 2.45) is 11.8 Å². The van der Waals surface area contributed by atoms with Gasteiger partial charge in [-0.05, 0) is 38.0 Å². The van der Waals surface area contributed by atoms with Crippen molar-refractivity contribution in [3.8, 4) is 0 Å². The van der Waals surface area contributed by atoms with Crippen LogP contribution < -0.4 is 0 Å². The smallest absolute Gasteiger partial charge is 0.0882 e. The predicted molar refractivity (Wildman–Crippen MR) is 62.9 cm³/mol. The molecule has 0 aromatic heterocycles. The minimum absolute atomic E-state index is 0.526. The van der Waals surface area contributed by atoms with Crippen LogP contribution in [0, 0.1) is 11.8 Å². The van der Waals surface area contributed by atoms with E-state index in [-0.39, 0.29) is 0 Å². The van der Waals surface area contributed by atoms with Gasteiger partial charge in [-0.25, -0.2) is 0 Å². The minimum atomic E-state index is -0.534. The first-order valence-corrected chi connectivity index (χ1v) is 6.36. The van der Waals surface area contributed by atoms with Gasteiger partial charge in [0.25, 0.3) is 0 Å². The van der Waals surface area contributed by atoms with Crippen LogP contribution in [0.3, 0.4) is 0 Å². The van der Waals surface area contributed by atoms with E-state index >= 15 is 0 Å². The molecular weight excluding hydrogens is 188 g/mol. The summed E-state index contributed by atoms with van der Waals surface area (Å²) in [6, 6.07) is 0. The second-order valence-corrected chi connectivity index (χ2v) is 5.45. The lowest BCUT2D eigenvalue weighted by molar-refractivity contribution is -0.0801. The van der Waals surface area contributed by atoms with Gasteiger partial charge < -0.3 is 9.84 Å². The third kappa shape index (κ3) is 4.52. The molecule has 1 rings (SSSR count). The zero-order valence-electron chi connectivity index (χ0n) is 10.5. The summed E-state index contributed by atoms with van der Waals surface area (Å²) in [5, 5.41) is 10.4. The Morgan fingerprint density at radius 2 is 2.20 bits per heavy atom. The Labute approximate surface area is 94.0 Å². The van der Waals surface area contributed by atoms with Crippen LogP contribution in [-0.4, -0.2) is 23.9 Å². The molecule has 2 heteroatoms. The van der Waals surface area contributed by atoms with Crippen LogP contribution in [0.2, 0.25) is 0 Å². The highest BCUT2D eigenvalue weighted by Gasteiger charge is 2.34. The summed E-state index contributed by atoms with van der Waals surface area (Å²) in [4.78, 5) is 0. The van der Waals surface area contributed by atoms with Gasteiger partial charge in [0.15, 0.2) is 0 Å². The highest BCUT2D eigenvalue weighted by molar-refractivity contribution is 4.86. The highest BCUT2D eigenvalue weighted by Crippen LogP contribution is 2.35. The van der Waals surface area contributed by atoms with E-state index in [9.17, 15) is 5.11 Å². The third-order valence-electron chi connectivity index (χ3n) is 3.30. The number of ether oxygens (including phenoxy) is 1. The molecule has 0 bridgehead atoms. The number of hydrogen-bond acceptors (Lipinski definition) is 2. The molecule has 0 saturated heterocycles. The number of rotatable bonds is 5. The molecule has 0 aromatic rings. The lowest BCUT2D eigenvalue weighted by atomic mass is 9.75. The summed E-state index contributed by atoms with van der Waals surface area (Å²) in [6.45, 7) is 7.74. The molecular formula is C13H26O2. The average Bonchev–Trinajstić information content (AvgIpc) is 2.14. The molecule has 1 N–H and O–H groups in total. The standard InChI is InChI=1S/C13H26O2/c1-4-15-10-13(14)7-5-6-12(9-13)8-11(2)3/h11-12,14H,4-10H2,1-3H3. The van der Waals surface area contributed by atoms with Crippen LogP contribution in [-0.2, 0) is 4.74 Å². The van der Waals surface area contributed by atoms with E-state index in [1.54, 1.807) is 0 Å². The van der Waals surface area contributed by atoms with Crippen molar-refractivity contribution in [2.75, 3.05) is 13.2 Å². The Kier molecular flexibility index (Phi) is 5.07. The van der Waals surface area contributed by atoms with Crippen LogP contribution in [0.4, 0.5) is 0 Å². The van der Waals surface area contributed by atoms with Crippen LogP contribution >= 0.6 is 0 Å². The fourth-order valence-electron chi connectivity index (χ4n) is 2.75. The van der Waals surface area contributed by atoms with Gasteiger partial charge in [0, 0.05) is 6.61 Å². The topological polar surface area (TPSA) is 29.5 Å². The highest BCUT2D eigenvalue weighted by atomic mass is 16.5. The molecule has 0 radical (unpaired) electrons. The van der Waals surface area contributed by atoms with Gasteiger partial charge in [0.1, 0.15) is 0 Å². The summed E-state index contributed by atoms with van der Waals surface area (Å²) in [5.74, 6) is 1.44. The van der Waals surface area contributed by atoms with Crippen molar-refractivity contribution < 1.29 is 9.84 Å². The second kappa shape index (κ2) is 5.86. The normalized spacial score (nSPS) is 32.2. The summed E-state index contributed by atoms with van der Waals surface area (Å²) in [7, 11) is 0.